The number of amides is 2. The number of nitrogens with zero attached hydrogens (tertiary/aromatic N) is 2. The summed E-state index contributed by atoms with van der Waals surface area (Å²) in [4.78, 5) is 28.7. The van der Waals surface area contributed by atoms with Crippen molar-refractivity contribution in [2.75, 3.05) is 18.6 Å². The fourth-order valence-corrected chi connectivity index (χ4v) is 4.87. The molecule has 0 aromatic heterocycles. The van der Waals surface area contributed by atoms with Crippen LogP contribution in [0.15, 0.2) is 18.2 Å². The predicted molar refractivity (Wildman–Crippen MR) is 110 cm³/mol. The molecule has 1 saturated heterocycles. The number of carboxylic acid groups (broad SMARTS) is 1. The van der Waals surface area contributed by atoms with Gasteiger partial charge in [-0.15, -0.1) is 0 Å². The molecule has 8 heteroatoms. The molecule has 1 N–H and O–H groups in total. The lowest BCUT2D eigenvalue weighted by Crippen LogP contribution is -2.57. The Morgan fingerprint density at radius 3 is 2.54 bits per heavy atom. The van der Waals surface area contributed by atoms with E-state index in [9.17, 15) is 14.7 Å². The van der Waals surface area contributed by atoms with Crippen molar-refractivity contribution < 1.29 is 23.9 Å². The van der Waals surface area contributed by atoms with Gasteiger partial charge >= 0.3 is 6.09 Å². The summed E-state index contributed by atoms with van der Waals surface area (Å²) in [6.07, 6.45) is -0.281. The number of anilines is 1. The van der Waals surface area contributed by atoms with Gasteiger partial charge in [0.2, 0.25) is 0 Å². The quantitative estimate of drug-likeness (QED) is 0.763. The fourth-order valence-electron chi connectivity index (χ4n) is 3.65. The molecule has 2 aliphatic heterocycles. The highest BCUT2D eigenvalue weighted by Crippen LogP contribution is 2.42. The molecule has 2 aliphatic rings. The van der Waals surface area contributed by atoms with E-state index in [-0.39, 0.29) is 17.0 Å². The molecule has 1 aromatic rings. The van der Waals surface area contributed by atoms with Crippen molar-refractivity contribution in [2.24, 2.45) is 0 Å². The molecule has 0 aliphatic carbocycles. The molecule has 1 fully saturated rings. The van der Waals surface area contributed by atoms with E-state index in [1.54, 1.807) is 23.1 Å². The number of fused-ring (bicyclic) bond motifs is 2. The molecule has 2 heterocycles. The van der Waals surface area contributed by atoms with Crippen LogP contribution in [0.3, 0.4) is 0 Å². The maximum absolute atomic E-state index is 13.3. The molecule has 1 aromatic carbocycles. The van der Waals surface area contributed by atoms with Gasteiger partial charge in [-0.3, -0.25) is 4.79 Å². The predicted octanol–water partition coefficient (Wildman–Crippen LogP) is 4.15. The van der Waals surface area contributed by atoms with Crippen molar-refractivity contribution in [2.45, 2.75) is 64.0 Å². The van der Waals surface area contributed by atoms with Gasteiger partial charge in [-0.05, 0) is 49.2 Å². The molecular weight excluding hydrogens is 376 g/mol. The van der Waals surface area contributed by atoms with E-state index < -0.39 is 20.6 Å². The standard InChI is InChI=1S/C20H30N2O5Si/c1-20(2,3)28(5,6)27-18-16-8-7-11-21(16)17(23)14-12-13(26-4)9-10-15(14)22(18)19(24)25/h9-10,12,16,18H,7-8,11H2,1-6H3,(H,24,25). The van der Waals surface area contributed by atoms with Crippen LogP contribution in [0.25, 0.3) is 0 Å². The van der Waals surface area contributed by atoms with Crippen molar-refractivity contribution >= 4 is 26.0 Å². The van der Waals surface area contributed by atoms with E-state index >= 15 is 0 Å². The maximum atomic E-state index is 13.3. The summed E-state index contributed by atoms with van der Waals surface area (Å²) in [5.74, 6) is 0.362. The first-order chi connectivity index (χ1) is 13.0. The number of hydrogen-bond acceptors (Lipinski definition) is 4. The molecular formula is C20H30N2O5Si. The van der Waals surface area contributed by atoms with Gasteiger partial charge in [0.25, 0.3) is 5.91 Å². The maximum Gasteiger partial charge on any atom is 0.414 e. The first-order valence-electron chi connectivity index (χ1n) is 9.67. The molecule has 28 heavy (non-hydrogen) atoms. The number of ether oxygens (including phenoxy) is 1. The van der Waals surface area contributed by atoms with Gasteiger partial charge in [-0.25, -0.2) is 9.69 Å². The molecule has 3 rings (SSSR count). The van der Waals surface area contributed by atoms with Gasteiger partial charge in [0.15, 0.2) is 14.5 Å². The Morgan fingerprint density at radius 2 is 1.96 bits per heavy atom. The Labute approximate surface area is 167 Å². The third-order valence-electron chi connectivity index (χ3n) is 6.27. The van der Waals surface area contributed by atoms with Crippen LogP contribution in [0, 0.1) is 0 Å². The van der Waals surface area contributed by atoms with Gasteiger partial charge in [0, 0.05) is 6.54 Å². The first kappa shape index (κ1) is 20.7. The van der Waals surface area contributed by atoms with Crippen molar-refractivity contribution in [3.63, 3.8) is 0 Å². The lowest BCUT2D eigenvalue weighted by molar-refractivity contribution is 0.0541. The second kappa shape index (κ2) is 7.08. The summed E-state index contributed by atoms with van der Waals surface area (Å²) in [5, 5.41) is 10.0. The van der Waals surface area contributed by atoms with Crippen molar-refractivity contribution in [1.29, 1.82) is 0 Å². The van der Waals surface area contributed by atoms with E-state index in [2.05, 4.69) is 33.9 Å². The highest BCUT2D eigenvalue weighted by atomic mass is 28.4. The van der Waals surface area contributed by atoms with E-state index in [0.29, 0.717) is 23.5 Å². The molecule has 2 atom stereocenters. The fraction of sp³-hybridized carbons (Fsp3) is 0.600. The van der Waals surface area contributed by atoms with E-state index in [1.165, 1.54) is 12.0 Å². The van der Waals surface area contributed by atoms with Crippen LogP contribution in [-0.2, 0) is 4.43 Å². The van der Waals surface area contributed by atoms with E-state index in [0.717, 1.165) is 12.8 Å². The molecule has 0 saturated carbocycles. The number of carbonyl (C=O) groups is 2. The van der Waals surface area contributed by atoms with Crippen molar-refractivity contribution in [3.8, 4) is 5.75 Å². The molecule has 0 spiro atoms. The van der Waals surface area contributed by atoms with Gasteiger partial charge in [0.05, 0.1) is 24.4 Å². The van der Waals surface area contributed by atoms with Crippen molar-refractivity contribution in [1.82, 2.24) is 4.90 Å². The topological polar surface area (TPSA) is 79.3 Å². The molecule has 0 bridgehead atoms. The molecule has 2 unspecified atom stereocenters. The summed E-state index contributed by atoms with van der Waals surface area (Å²) < 4.78 is 11.9. The first-order valence-corrected chi connectivity index (χ1v) is 12.6. The van der Waals surface area contributed by atoms with Crippen LogP contribution < -0.4 is 9.64 Å². The van der Waals surface area contributed by atoms with Gasteiger partial charge < -0.3 is 19.2 Å². The van der Waals surface area contributed by atoms with Gasteiger partial charge in [-0.2, -0.15) is 0 Å². The van der Waals surface area contributed by atoms with Gasteiger partial charge in [-0.1, -0.05) is 20.8 Å². The van der Waals surface area contributed by atoms with Gasteiger partial charge in [0.1, 0.15) is 5.75 Å². The molecule has 7 nitrogen and oxygen atoms in total. The monoisotopic (exact) mass is 406 g/mol. The summed E-state index contributed by atoms with van der Waals surface area (Å²) >= 11 is 0. The average Bonchev–Trinajstić information content (AvgIpc) is 3.05. The minimum absolute atomic E-state index is 0.0837. The molecule has 2 amide bonds. The summed E-state index contributed by atoms with van der Waals surface area (Å²) in [5.41, 5.74) is 0.700. The Morgan fingerprint density at radius 1 is 1.29 bits per heavy atom. The van der Waals surface area contributed by atoms with Crippen LogP contribution in [0.2, 0.25) is 18.1 Å². The van der Waals surface area contributed by atoms with Crippen LogP contribution in [0.5, 0.6) is 5.75 Å². The lowest BCUT2D eigenvalue weighted by Gasteiger charge is -2.44. The Bertz CT molecular complexity index is 789. The normalized spacial score (nSPS) is 22.6. The smallest absolute Gasteiger partial charge is 0.414 e. The van der Waals surface area contributed by atoms with Crippen LogP contribution in [0.4, 0.5) is 10.5 Å². The second-order valence-corrected chi connectivity index (χ2v) is 13.8. The number of rotatable bonds is 3. The SMILES string of the molecule is COc1ccc2c(c1)C(=O)N1CCCC1C(O[Si](C)(C)C(C)(C)C)N2C(=O)O. The van der Waals surface area contributed by atoms with Crippen molar-refractivity contribution in [3.05, 3.63) is 23.8 Å². The third-order valence-corrected chi connectivity index (χ3v) is 10.7. The summed E-state index contributed by atoms with van der Waals surface area (Å²) in [7, 11) is -0.763. The van der Waals surface area contributed by atoms with Crippen LogP contribution >= 0.6 is 0 Å². The number of hydrogen-bond donors (Lipinski definition) is 1. The highest BCUT2D eigenvalue weighted by Gasteiger charge is 2.49. The zero-order chi connectivity index (χ0) is 20.9. The molecule has 0 radical (unpaired) electrons. The Hall–Kier alpha value is -2.06. The number of methoxy groups -OCH3 is 1. The van der Waals surface area contributed by atoms with Crippen LogP contribution in [0.1, 0.15) is 44.0 Å². The summed E-state index contributed by atoms with van der Waals surface area (Å²) in [6.45, 7) is 11.2. The average molecular weight is 407 g/mol. The van der Waals surface area contributed by atoms with E-state index in [1.807, 2.05) is 0 Å². The van der Waals surface area contributed by atoms with E-state index in [4.69, 9.17) is 9.16 Å². The zero-order valence-corrected chi connectivity index (χ0v) is 18.5. The summed E-state index contributed by atoms with van der Waals surface area (Å²) in [6, 6.07) is 4.65. The van der Waals surface area contributed by atoms with Crippen LogP contribution in [-0.4, -0.2) is 56.2 Å². The minimum Gasteiger partial charge on any atom is -0.497 e. The Balaban J connectivity index is 2.16. The zero-order valence-electron chi connectivity index (χ0n) is 17.5. The third kappa shape index (κ3) is 3.39. The number of carbonyl (C=O) groups excluding carboxylic acids is 1. The largest absolute Gasteiger partial charge is 0.497 e. The highest BCUT2D eigenvalue weighted by molar-refractivity contribution is 6.74. The lowest BCUT2D eigenvalue weighted by atomic mass is 10.1. The second-order valence-electron chi connectivity index (χ2n) is 9.01. The molecule has 154 valence electrons. The number of benzene rings is 1. The minimum atomic E-state index is -2.29. The Kier molecular flexibility index (Phi) is 5.22.